The number of hydrogen-bond donors (Lipinski definition) is 3. The minimum absolute atomic E-state index is 0.131. The number of aromatic nitrogens is 2. The highest BCUT2D eigenvalue weighted by atomic mass is 19.1. The van der Waals surface area contributed by atoms with Crippen molar-refractivity contribution in [1.29, 1.82) is 0 Å². The monoisotopic (exact) mass is 504 g/mol. The number of aliphatic carboxylic acids is 1. The Labute approximate surface area is 211 Å². The van der Waals surface area contributed by atoms with Crippen LogP contribution in [0.2, 0.25) is 0 Å². The summed E-state index contributed by atoms with van der Waals surface area (Å²) in [4.78, 5) is 40.9. The van der Waals surface area contributed by atoms with Crippen molar-refractivity contribution in [2.75, 3.05) is 19.0 Å². The Hall–Kier alpha value is -4.73. The first kappa shape index (κ1) is 25.4. The molecule has 2 heterocycles. The van der Waals surface area contributed by atoms with Gasteiger partial charge in [0.2, 0.25) is 0 Å². The Bertz CT molecular complexity index is 1450. The van der Waals surface area contributed by atoms with Crippen LogP contribution in [0.5, 0.6) is 0 Å². The van der Waals surface area contributed by atoms with Gasteiger partial charge in [0.05, 0.1) is 19.6 Å². The van der Waals surface area contributed by atoms with Crippen molar-refractivity contribution in [2.45, 2.75) is 19.4 Å². The number of carboxylic acid groups (broad SMARTS) is 1. The number of halogens is 1. The zero-order valence-electron chi connectivity index (χ0n) is 20.2. The largest absolute Gasteiger partial charge is 0.481 e. The molecular weight excluding hydrogens is 479 g/mol. The maximum Gasteiger partial charge on any atom is 0.325 e. The fourth-order valence-corrected chi connectivity index (χ4v) is 3.86. The maximum absolute atomic E-state index is 13.5. The second kappa shape index (κ2) is 10.9. The van der Waals surface area contributed by atoms with E-state index in [1.807, 2.05) is 19.1 Å². The minimum Gasteiger partial charge on any atom is -0.481 e. The number of hydrogen-bond acceptors (Lipinski definition) is 6. The van der Waals surface area contributed by atoms with Crippen molar-refractivity contribution >= 4 is 29.3 Å². The standard InChI is InChI=1S/C27H25FN4O5/c1-16-3-5-17(6-4-16)21(14-23(33)34)30-27(36)19-11-12-32-22(13-19)31-25(18-7-9-20(28)10-8-18)26(32)29-15-24(35)37-2/h3-13,21,29H,14-15H2,1-2H3,(H,30,36)(H,33,34). The Balaban J connectivity index is 1.68. The number of carbonyl (C=O) groups is 3. The van der Waals surface area contributed by atoms with Gasteiger partial charge in [-0.05, 0) is 48.9 Å². The summed E-state index contributed by atoms with van der Waals surface area (Å²) in [5.74, 6) is -1.94. The maximum atomic E-state index is 13.5. The van der Waals surface area contributed by atoms with Gasteiger partial charge in [-0.3, -0.25) is 18.8 Å². The fraction of sp³-hybridized carbons (Fsp3) is 0.185. The Kier molecular flexibility index (Phi) is 7.47. The molecule has 0 fully saturated rings. The van der Waals surface area contributed by atoms with Crippen LogP contribution in [-0.2, 0) is 14.3 Å². The van der Waals surface area contributed by atoms with Crippen LogP contribution >= 0.6 is 0 Å². The lowest BCUT2D eigenvalue weighted by Gasteiger charge is -2.18. The predicted molar refractivity (Wildman–Crippen MR) is 135 cm³/mol. The van der Waals surface area contributed by atoms with Crippen molar-refractivity contribution in [2.24, 2.45) is 0 Å². The molecule has 0 saturated carbocycles. The number of anilines is 1. The third-order valence-corrected chi connectivity index (χ3v) is 5.80. The molecule has 9 nitrogen and oxygen atoms in total. The summed E-state index contributed by atoms with van der Waals surface area (Å²) in [6.07, 6.45) is 1.33. The van der Waals surface area contributed by atoms with Gasteiger partial charge in [-0.2, -0.15) is 0 Å². The summed E-state index contributed by atoms with van der Waals surface area (Å²) < 4.78 is 19.9. The number of imidazole rings is 1. The molecule has 0 saturated heterocycles. The van der Waals surface area contributed by atoms with Gasteiger partial charge in [-0.15, -0.1) is 0 Å². The van der Waals surface area contributed by atoms with Crippen LogP contribution in [0.15, 0.2) is 66.9 Å². The van der Waals surface area contributed by atoms with Gasteiger partial charge in [0.25, 0.3) is 5.91 Å². The molecule has 0 aliphatic rings. The molecule has 0 spiro atoms. The van der Waals surface area contributed by atoms with Gasteiger partial charge >= 0.3 is 11.9 Å². The highest BCUT2D eigenvalue weighted by molar-refractivity contribution is 5.96. The summed E-state index contributed by atoms with van der Waals surface area (Å²) in [6.45, 7) is 1.79. The van der Waals surface area contributed by atoms with Crippen LogP contribution < -0.4 is 10.6 Å². The fourth-order valence-electron chi connectivity index (χ4n) is 3.86. The molecule has 2 aromatic heterocycles. The first-order valence-corrected chi connectivity index (χ1v) is 11.4. The molecule has 1 amide bonds. The molecule has 10 heteroatoms. The second-order valence-electron chi connectivity index (χ2n) is 8.42. The number of carbonyl (C=O) groups excluding carboxylic acids is 2. The van der Waals surface area contributed by atoms with E-state index in [0.717, 1.165) is 5.56 Å². The van der Waals surface area contributed by atoms with Gasteiger partial charge in [0.15, 0.2) is 0 Å². The first-order chi connectivity index (χ1) is 17.7. The lowest BCUT2D eigenvalue weighted by atomic mass is 10.0. The number of ether oxygens (including phenoxy) is 1. The van der Waals surface area contributed by atoms with Crippen LogP contribution in [0.3, 0.4) is 0 Å². The van der Waals surface area contributed by atoms with Crippen molar-refractivity contribution in [3.63, 3.8) is 0 Å². The van der Waals surface area contributed by atoms with Crippen molar-refractivity contribution in [3.05, 3.63) is 89.4 Å². The van der Waals surface area contributed by atoms with E-state index in [1.165, 1.54) is 19.2 Å². The van der Waals surface area contributed by atoms with E-state index in [1.54, 1.807) is 47.0 Å². The third kappa shape index (κ3) is 5.92. The summed E-state index contributed by atoms with van der Waals surface area (Å²) in [5.41, 5.74) is 3.41. The quantitative estimate of drug-likeness (QED) is 0.295. The summed E-state index contributed by atoms with van der Waals surface area (Å²) >= 11 is 0. The lowest BCUT2D eigenvalue weighted by Crippen LogP contribution is -2.30. The summed E-state index contributed by atoms with van der Waals surface area (Å²) in [6, 6.07) is 15.4. The van der Waals surface area contributed by atoms with Crippen LogP contribution in [-0.4, -0.2) is 46.0 Å². The van der Waals surface area contributed by atoms with E-state index < -0.39 is 29.7 Å². The highest BCUT2D eigenvalue weighted by Gasteiger charge is 2.21. The van der Waals surface area contributed by atoms with Crippen molar-refractivity contribution in [1.82, 2.24) is 14.7 Å². The number of methoxy groups -OCH3 is 1. The number of nitrogens with zero attached hydrogens (tertiary/aromatic N) is 2. The first-order valence-electron chi connectivity index (χ1n) is 11.4. The van der Waals surface area contributed by atoms with Gasteiger partial charge in [0.1, 0.15) is 29.5 Å². The molecule has 4 aromatic rings. The Morgan fingerprint density at radius 1 is 1.08 bits per heavy atom. The molecule has 0 radical (unpaired) electrons. The number of nitrogens with one attached hydrogen (secondary N) is 2. The number of pyridine rings is 1. The van der Waals surface area contributed by atoms with Crippen LogP contribution in [0.1, 0.15) is 33.9 Å². The number of benzene rings is 2. The predicted octanol–water partition coefficient (Wildman–Crippen LogP) is 3.98. The second-order valence-corrected chi connectivity index (χ2v) is 8.42. The number of fused-ring (bicyclic) bond motifs is 1. The third-order valence-electron chi connectivity index (χ3n) is 5.80. The topological polar surface area (TPSA) is 122 Å². The van der Waals surface area contributed by atoms with Crippen molar-refractivity contribution in [3.8, 4) is 11.3 Å². The molecule has 0 bridgehead atoms. The molecule has 3 N–H and O–H groups in total. The molecule has 1 unspecified atom stereocenters. The van der Waals surface area contributed by atoms with Crippen LogP contribution in [0.4, 0.5) is 10.2 Å². The summed E-state index contributed by atoms with van der Waals surface area (Å²) in [7, 11) is 1.28. The number of esters is 1. The molecule has 2 aromatic carbocycles. The minimum atomic E-state index is -1.04. The van der Waals surface area contributed by atoms with E-state index in [9.17, 15) is 23.9 Å². The lowest BCUT2D eigenvalue weighted by molar-refractivity contribution is -0.139. The van der Waals surface area contributed by atoms with E-state index in [2.05, 4.69) is 15.6 Å². The van der Waals surface area contributed by atoms with E-state index >= 15 is 0 Å². The van der Waals surface area contributed by atoms with E-state index in [4.69, 9.17) is 4.74 Å². The van der Waals surface area contributed by atoms with E-state index in [-0.39, 0.29) is 18.5 Å². The number of rotatable bonds is 9. The van der Waals surface area contributed by atoms with Gasteiger partial charge < -0.3 is 20.5 Å². The normalized spacial score (nSPS) is 11.6. The Morgan fingerprint density at radius 3 is 2.43 bits per heavy atom. The zero-order valence-corrected chi connectivity index (χ0v) is 20.2. The SMILES string of the molecule is COC(=O)CNc1c(-c2ccc(F)cc2)nc2cc(C(=O)NC(CC(=O)O)c3ccc(C)cc3)ccn12. The molecule has 0 aliphatic carbocycles. The molecule has 4 rings (SSSR count). The average Bonchev–Trinajstić information content (AvgIpc) is 3.25. The highest BCUT2D eigenvalue weighted by Crippen LogP contribution is 2.29. The van der Waals surface area contributed by atoms with Crippen LogP contribution in [0, 0.1) is 12.7 Å². The number of carboxylic acids is 1. The van der Waals surface area contributed by atoms with Gasteiger partial charge in [-0.1, -0.05) is 29.8 Å². The smallest absolute Gasteiger partial charge is 0.325 e. The molecular formula is C27H25FN4O5. The van der Waals surface area contributed by atoms with E-state index in [0.29, 0.717) is 28.3 Å². The number of aryl methyl sites for hydroxylation is 1. The van der Waals surface area contributed by atoms with Gasteiger partial charge in [0, 0.05) is 17.3 Å². The van der Waals surface area contributed by atoms with Crippen LogP contribution in [0.25, 0.3) is 16.9 Å². The molecule has 1 atom stereocenters. The Morgan fingerprint density at radius 2 is 1.78 bits per heavy atom. The molecule has 0 aliphatic heterocycles. The van der Waals surface area contributed by atoms with Gasteiger partial charge in [-0.25, -0.2) is 9.37 Å². The zero-order chi connectivity index (χ0) is 26.5. The molecule has 190 valence electrons. The number of amides is 1. The molecule has 37 heavy (non-hydrogen) atoms. The average molecular weight is 505 g/mol. The van der Waals surface area contributed by atoms with Crippen molar-refractivity contribution < 1.29 is 28.6 Å². The summed E-state index contributed by atoms with van der Waals surface area (Å²) in [5, 5.41) is 15.2.